The van der Waals surface area contributed by atoms with Gasteiger partial charge in [0.25, 0.3) is 0 Å². The zero-order valence-corrected chi connectivity index (χ0v) is 16.1. The van der Waals surface area contributed by atoms with Gasteiger partial charge in [-0.2, -0.15) is 5.26 Å². The molecular weight excluding hydrogens is 344 g/mol. The molecule has 0 aromatic heterocycles. The zero-order chi connectivity index (χ0) is 19.5. The summed E-state index contributed by atoms with van der Waals surface area (Å²) in [6, 6.07) is 27.0. The van der Waals surface area contributed by atoms with Crippen molar-refractivity contribution in [3.8, 4) is 11.8 Å². The number of benzene rings is 4. The molecule has 0 bridgehead atoms. The molecule has 0 saturated heterocycles. The molecule has 4 rings (SSSR count). The van der Waals surface area contributed by atoms with Crippen LogP contribution in [0.2, 0.25) is 0 Å². The van der Waals surface area contributed by atoms with E-state index in [1.807, 2.05) is 24.3 Å². The van der Waals surface area contributed by atoms with Crippen LogP contribution < -0.4 is 9.64 Å². The van der Waals surface area contributed by atoms with Gasteiger partial charge in [0.2, 0.25) is 0 Å². The molecule has 0 aliphatic rings. The third kappa shape index (κ3) is 3.14. The van der Waals surface area contributed by atoms with Crippen LogP contribution in [0, 0.1) is 11.3 Å². The van der Waals surface area contributed by atoms with E-state index < -0.39 is 0 Å². The number of nitriles is 1. The van der Waals surface area contributed by atoms with Gasteiger partial charge in [0, 0.05) is 30.1 Å². The van der Waals surface area contributed by atoms with Crippen LogP contribution in [0.3, 0.4) is 0 Å². The first-order valence-corrected chi connectivity index (χ1v) is 9.40. The molecule has 0 fully saturated rings. The number of likely N-dealkylation sites (N-methyl/N-ethyl adjacent to an activating group) is 1. The van der Waals surface area contributed by atoms with Gasteiger partial charge in [0.15, 0.2) is 0 Å². The van der Waals surface area contributed by atoms with Crippen LogP contribution in [0.5, 0.6) is 5.75 Å². The lowest BCUT2D eigenvalue weighted by Crippen LogP contribution is -2.20. The first-order valence-electron chi connectivity index (χ1n) is 9.40. The van der Waals surface area contributed by atoms with E-state index in [1.165, 1.54) is 16.3 Å². The number of nitrogens with zero attached hydrogens (tertiary/aromatic N) is 2. The molecule has 138 valence electrons. The molecule has 0 atom stereocenters. The van der Waals surface area contributed by atoms with Crippen molar-refractivity contribution in [1.29, 1.82) is 5.26 Å². The molecule has 0 aliphatic heterocycles. The van der Waals surface area contributed by atoms with Crippen LogP contribution in [-0.2, 0) is 6.42 Å². The van der Waals surface area contributed by atoms with Crippen molar-refractivity contribution in [3.05, 3.63) is 83.9 Å². The minimum absolute atomic E-state index is 0.762. The maximum atomic E-state index is 9.77. The van der Waals surface area contributed by atoms with Crippen LogP contribution in [0.4, 0.5) is 5.69 Å². The summed E-state index contributed by atoms with van der Waals surface area (Å²) in [4.78, 5) is 2.25. The molecule has 3 nitrogen and oxygen atoms in total. The maximum absolute atomic E-state index is 9.77. The summed E-state index contributed by atoms with van der Waals surface area (Å²) in [6.07, 6.45) is 0.898. The summed E-state index contributed by atoms with van der Waals surface area (Å²) in [5.41, 5.74) is 3.21. The summed E-state index contributed by atoms with van der Waals surface area (Å²) in [6.45, 7) is 0.881. The quantitative estimate of drug-likeness (QED) is 0.434. The number of rotatable bonds is 5. The second-order valence-corrected chi connectivity index (χ2v) is 6.93. The lowest BCUT2D eigenvalue weighted by Gasteiger charge is -2.21. The van der Waals surface area contributed by atoms with Crippen molar-refractivity contribution in [3.63, 3.8) is 0 Å². The van der Waals surface area contributed by atoms with Gasteiger partial charge in [-0.1, -0.05) is 48.5 Å². The van der Waals surface area contributed by atoms with Gasteiger partial charge in [-0.05, 0) is 47.0 Å². The van der Waals surface area contributed by atoms with Crippen molar-refractivity contribution in [2.45, 2.75) is 6.42 Å². The van der Waals surface area contributed by atoms with E-state index in [0.29, 0.717) is 0 Å². The Morgan fingerprint density at radius 2 is 1.36 bits per heavy atom. The van der Waals surface area contributed by atoms with Crippen LogP contribution >= 0.6 is 0 Å². The topological polar surface area (TPSA) is 36.3 Å². The fraction of sp³-hybridized carbons (Fsp3) is 0.160. The average Bonchev–Trinajstić information content (AvgIpc) is 2.76. The van der Waals surface area contributed by atoms with Gasteiger partial charge >= 0.3 is 0 Å². The highest BCUT2D eigenvalue weighted by molar-refractivity contribution is 6.07. The average molecular weight is 366 g/mol. The number of hydrogen-bond acceptors (Lipinski definition) is 3. The molecular formula is C25H22N2O. The minimum Gasteiger partial charge on any atom is -0.497 e. The van der Waals surface area contributed by atoms with E-state index in [2.05, 4.69) is 66.5 Å². The monoisotopic (exact) mass is 366 g/mol. The third-order valence-electron chi connectivity index (χ3n) is 5.37. The van der Waals surface area contributed by atoms with E-state index in [0.717, 1.165) is 40.7 Å². The summed E-state index contributed by atoms with van der Waals surface area (Å²) in [7, 11) is 3.79. The number of hydrogen-bond donors (Lipinski definition) is 0. The van der Waals surface area contributed by atoms with E-state index >= 15 is 0 Å². The van der Waals surface area contributed by atoms with Gasteiger partial charge < -0.3 is 9.64 Å². The van der Waals surface area contributed by atoms with Crippen LogP contribution in [0.25, 0.3) is 21.5 Å². The van der Waals surface area contributed by atoms with Crippen molar-refractivity contribution in [2.24, 2.45) is 0 Å². The second-order valence-electron chi connectivity index (χ2n) is 6.93. The summed E-state index contributed by atoms with van der Waals surface area (Å²) in [5.74, 6) is 0.862. The lowest BCUT2D eigenvalue weighted by atomic mass is 9.91. The molecule has 0 amide bonds. The Morgan fingerprint density at radius 3 is 1.86 bits per heavy atom. The summed E-state index contributed by atoms with van der Waals surface area (Å²) in [5, 5.41) is 14.2. The van der Waals surface area contributed by atoms with E-state index in [9.17, 15) is 5.26 Å². The van der Waals surface area contributed by atoms with E-state index in [1.54, 1.807) is 7.11 Å². The molecule has 0 spiro atoms. The summed E-state index contributed by atoms with van der Waals surface area (Å²) < 4.78 is 5.25. The predicted octanol–water partition coefficient (Wildman–Crippen LogP) is 5.55. The zero-order valence-electron chi connectivity index (χ0n) is 16.1. The SMILES string of the molecule is COc1ccc(N(C)CCc2c3ccccc3c(C#N)c3ccccc23)cc1. The van der Waals surface area contributed by atoms with Crippen LogP contribution in [-0.4, -0.2) is 20.7 Å². The first kappa shape index (κ1) is 17.9. The largest absolute Gasteiger partial charge is 0.497 e. The maximum Gasteiger partial charge on any atom is 0.119 e. The third-order valence-corrected chi connectivity index (χ3v) is 5.37. The van der Waals surface area contributed by atoms with Gasteiger partial charge in [-0.15, -0.1) is 0 Å². The molecule has 28 heavy (non-hydrogen) atoms. The van der Waals surface area contributed by atoms with Gasteiger partial charge in [0.1, 0.15) is 11.8 Å². The number of ether oxygens (including phenoxy) is 1. The Kier molecular flexibility index (Phi) is 4.87. The van der Waals surface area contributed by atoms with E-state index in [-0.39, 0.29) is 0 Å². The standard InChI is InChI=1S/C25H22N2O/c1-27(18-11-13-19(28-2)14-12-18)16-15-24-20-7-3-5-9-22(20)25(17-26)23-10-6-4-8-21(23)24/h3-14H,15-16H2,1-2H3. The molecule has 3 heteroatoms. The number of anilines is 1. The van der Waals surface area contributed by atoms with Crippen molar-refractivity contribution < 1.29 is 4.74 Å². The normalized spacial score (nSPS) is 10.8. The molecule has 0 heterocycles. The molecule has 0 N–H and O–H groups in total. The number of fused-ring (bicyclic) bond motifs is 2. The Balaban J connectivity index is 1.74. The Labute approximate surface area is 165 Å². The predicted molar refractivity (Wildman–Crippen MR) is 116 cm³/mol. The first-order chi connectivity index (χ1) is 13.7. The minimum atomic E-state index is 0.762. The van der Waals surface area contributed by atoms with Crippen LogP contribution in [0.1, 0.15) is 11.1 Å². The molecule has 0 aliphatic carbocycles. The van der Waals surface area contributed by atoms with Crippen LogP contribution in [0.15, 0.2) is 72.8 Å². The molecule has 0 saturated carbocycles. The molecule has 4 aromatic carbocycles. The van der Waals surface area contributed by atoms with Gasteiger partial charge in [-0.25, -0.2) is 0 Å². The highest BCUT2D eigenvalue weighted by atomic mass is 16.5. The molecule has 0 unspecified atom stereocenters. The highest BCUT2D eigenvalue weighted by Gasteiger charge is 2.14. The molecule has 4 aromatic rings. The van der Waals surface area contributed by atoms with Crippen molar-refractivity contribution in [1.82, 2.24) is 0 Å². The van der Waals surface area contributed by atoms with Crippen molar-refractivity contribution >= 4 is 27.2 Å². The van der Waals surface area contributed by atoms with Gasteiger partial charge in [0.05, 0.1) is 12.7 Å². The Hall–Kier alpha value is -3.51. The second kappa shape index (κ2) is 7.62. The fourth-order valence-electron chi connectivity index (χ4n) is 3.85. The lowest BCUT2D eigenvalue weighted by molar-refractivity contribution is 0.415. The fourth-order valence-corrected chi connectivity index (χ4v) is 3.85. The number of methoxy groups -OCH3 is 1. The summed E-state index contributed by atoms with van der Waals surface area (Å²) >= 11 is 0. The smallest absolute Gasteiger partial charge is 0.119 e. The van der Waals surface area contributed by atoms with Crippen molar-refractivity contribution in [2.75, 3.05) is 25.6 Å². The Bertz CT molecular complexity index is 1120. The molecule has 0 radical (unpaired) electrons. The Morgan fingerprint density at radius 1 is 0.821 bits per heavy atom. The highest BCUT2D eigenvalue weighted by Crippen LogP contribution is 2.33. The van der Waals surface area contributed by atoms with E-state index in [4.69, 9.17) is 4.74 Å². The van der Waals surface area contributed by atoms with Gasteiger partial charge in [-0.3, -0.25) is 0 Å².